The van der Waals surface area contributed by atoms with Crippen LogP contribution in [0.3, 0.4) is 0 Å². The van der Waals surface area contributed by atoms with Crippen LogP contribution in [0.5, 0.6) is 0 Å². The highest BCUT2D eigenvalue weighted by atomic mass is 35.5. The van der Waals surface area contributed by atoms with E-state index < -0.39 is 17.6 Å². The summed E-state index contributed by atoms with van der Waals surface area (Å²) in [5.41, 5.74) is -0.178. The highest BCUT2D eigenvalue weighted by Crippen LogP contribution is 2.32. The minimum absolute atomic E-state index is 0.0109. The molecule has 0 atom stereocenters. The predicted molar refractivity (Wildman–Crippen MR) is 115 cm³/mol. The van der Waals surface area contributed by atoms with E-state index in [0.717, 1.165) is 74.0 Å². The Balaban J connectivity index is 1.24. The average Bonchev–Trinajstić information content (AvgIpc) is 3.17. The third kappa shape index (κ3) is 5.53. The maximum Gasteiger partial charge on any atom is 0.416 e. The van der Waals surface area contributed by atoms with E-state index in [1.54, 1.807) is 0 Å². The van der Waals surface area contributed by atoms with Gasteiger partial charge in [-0.3, -0.25) is 4.79 Å². The van der Waals surface area contributed by atoms with E-state index in [4.69, 9.17) is 16.0 Å². The van der Waals surface area contributed by atoms with Crippen LogP contribution in [-0.2, 0) is 12.7 Å². The Morgan fingerprint density at radius 3 is 2.62 bits per heavy atom. The molecular formula is C23H25ClF3N3O2. The van der Waals surface area contributed by atoms with Crippen molar-refractivity contribution in [1.82, 2.24) is 15.6 Å². The molecule has 172 valence electrons. The van der Waals surface area contributed by atoms with Gasteiger partial charge in [-0.15, -0.1) is 0 Å². The summed E-state index contributed by atoms with van der Waals surface area (Å²) < 4.78 is 44.6. The smallest absolute Gasteiger partial charge is 0.416 e. The number of halogens is 4. The van der Waals surface area contributed by atoms with E-state index in [-0.39, 0.29) is 16.6 Å². The van der Waals surface area contributed by atoms with E-state index in [0.29, 0.717) is 18.4 Å². The number of nitrogens with zero attached hydrogens (tertiary/aromatic N) is 1. The van der Waals surface area contributed by atoms with Gasteiger partial charge in [0, 0.05) is 6.04 Å². The number of nitrogens with one attached hydrogen (secondary N) is 2. The largest absolute Gasteiger partial charge is 0.440 e. The van der Waals surface area contributed by atoms with Gasteiger partial charge in [0.2, 0.25) is 5.89 Å². The second-order valence-corrected chi connectivity index (χ2v) is 8.76. The molecule has 1 saturated carbocycles. The zero-order valence-electron chi connectivity index (χ0n) is 17.5. The molecular weight excluding hydrogens is 443 g/mol. The molecule has 32 heavy (non-hydrogen) atoms. The van der Waals surface area contributed by atoms with Crippen molar-refractivity contribution in [2.24, 2.45) is 5.92 Å². The molecule has 1 amide bonds. The molecule has 2 aromatic rings. The van der Waals surface area contributed by atoms with Gasteiger partial charge in [0.25, 0.3) is 5.91 Å². The van der Waals surface area contributed by atoms with Crippen molar-refractivity contribution in [3.05, 3.63) is 51.0 Å². The number of alkyl halides is 3. The van der Waals surface area contributed by atoms with Crippen LogP contribution in [-0.4, -0.2) is 23.5 Å². The summed E-state index contributed by atoms with van der Waals surface area (Å²) in [7, 11) is 0. The van der Waals surface area contributed by atoms with Crippen LogP contribution in [0, 0.1) is 5.92 Å². The minimum Gasteiger partial charge on any atom is -0.440 e. The van der Waals surface area contributed by atoms with Crippen molar-refractivity contribution < 1.29 is 22.4 Å². The molecule has 1 aromatic heterocycles. The molecule has 0 saturated heterocycles. The lowest BCUT2D eigenvalue weighted by molar-refractivity contribution is -0.137. The third-order valence-corrected chi connectivity index (χ3v) is 6.32. The Bertz CT molecular complexity index is 1060. The van der Waals surface area contributed by atoms with E-state index in [9.17, 15) is 18.0 Å². The van der Waals surface area contributed by atoms with Gasteiger partial charge in [-0.05, 0) is 75.3 Å². The molecule has 1 heterocycles. The van der Waals surface area contributed by atoms with Crippen LogP contribution < -0.4 is 21.4 Å². The number of benzene rings is 1. The lowest BCUT2D eigenvalue weighted by Gasteiger charge is -2.29. The quantitative estimate of drug-likeness (QED) is 0.678. The number of amides is 1. The van der Waals surface area contributed by atoms with Crippen molar-refractivity contribution in [1.29, 1.82) is 0 Å². The fourth-order valence-electron chi connectivity index (χ4n) is 4.23. The van der Waals surface area contributed by atoms with E-state index in [1.807, 2.05) is 0 Å². The number of hydrogen-bond acceptors (Lipinski definition) is 4. The summed E-state index contributed by atoms with van der Waals surface area (Å²) in [6.45, 7) is 1.39. The first kappa shape index (κ1) is 22.9. The molecule has 5 nitrogen and oxygen atoms in total. The van der Waals surface area contributed by atoms with Crippen LogP contribution in [0.15, 0.2) is 22.6 Å². The van der Waals surface area contributed by atoms with Crippen molar-refractivity contribution in [3.8, 4) is 0 Å². The number of oxazole rings is 1. The Hall–Kier alpha value is -2.32. The van der Waals surface area contributed by atoms with Gasteiger partial charge in [0.05, 0.1) is 22.7 Å². The molecule has 1 aromatic carbocycles. The molecule has 9 heteroatoms. The van der Waals surface area contributed by atoms with Gasteiger partial charge in [-0.2, -0.15) is 13.2 Å². The SMILES string of the molecule is O=C(NC1CCC(CNCc2nc3c(o2)=CCCC=3)CC1)c1cc(C(F)(F)F)ccc1Cl. The monoisotopic (exact) mass is 467 g/mol. The molecule has 0 spiro atoms. The molecule has 0 bridgehead atoms. The van der Waals surface area contributed by atoms with Crippen LogP contribution in [0.2, 0.25) is 5.02 Å². The van der Waals surface area contributed by atoms with E-state index in [1.165, 1.54) is 0 Å². The minimum atomic E-state index is -4.52. The predicted octanol–water partition coefficient (Wildman–Crippen LogP) is 3.78. The van der Waals surface area contributed by atoms with Crippen LogP contribution in [0.1, 0.15) is 60.3 Å². The zero-order chi connectivity index (χ0) is 22.7. The van der Waals surface area contributed by atoms with Crippen LogP contribution in [0.4, 0.5) is 13.2 Å². The van der Waals surface area contributed by atoms with E-state index >= 15 is 0 Å². The molecule has 0 aliphatic heterocycles. The number of aromatic nitrogens is 1. The fraction of sp³-hybridized carbons (Fsp3) is 0.478. The van der Waals surface area contributed by atoms with Gasteiger partial charge >= 0.3 is 6.18 Å². The number of rotatable bonds is 6. The molecule has 2 aliphatic rings. The van der Waals surface area contributed by atoms with Crippen molar-refractivity contribution in [2.75, 3.05) is 6.54 Å². The number of carbonyl (C=O) groups excluding carboxylic acids is 1. The summed E-state index contributed by atoms with van der Waals surface area (Å²) in [4.78, 5) is 17.0. The Morgan fingerprint density at radius 1 is 1.16 bits per heavy atom. The summed E-state index contributed by atoms with van der Waals surface area (Å²) in [5.74, 6) is 0.579. The van der Waals surface area contributed by atoms with Gasteiger partial charge in [-0.25, -0.2) is 4.98 Å². The first-order valence-electron chi connectivity index (χ1n) is 10.8. The summed E-state index contributed by atoms with van der Waals surface area (Å²) in [6.07, 6.45) is 4.97. The maximum atomic E-state index is 12.9. The van der Waals surface area contributed by atoms with Gasteiger partial charge in [0.1, 0.15) is 5.35 Å². The first-order chi connectivity index (χ1) is 15.3. The average molecular weight is 468 g/mol. The third-order valence-electron chi connectivity index (χ3n) is 5.99. The van der Waals surface area contributed by atoms with Crippen molar-refractivity contribution in [2.45, 2.75) is 57.3 Å². The Labute approximate surface area is 188 Å². The lowest BCUT2D eigenvalue weighted by atomic mass is 9.86. The zero-order valence-corrected chi connectivity index (χ0v) is 18.2. The van der Waals surface area contributed by atoms with Gasteiger partial charge < -0.3 is 15.1 Å². The van der Waals surface area contributed by atoms with Crippen molar-refractivity contribution >= 4 is 29.7 Å². The molecule has 2 aliphatic carbocycles. The molecule has 4 rings (SSSR count). The maximum absolute atomic E-state index is 12.9. The standard InChI is InChI=1S/C23H25ClF3N3O2/c24-18-10-7-15(23(25,26)27)11-17(18)22(31)29-16-8-5-14(6-9-16)12-28-13-21-30-19-3-1-2-4-20(19)32-21/h3-4,7,10-11,14,16,28H,1-2,5-6,8-9,12-13H2,(H,29,31). The summed E-state index contributed by atoms with van der Waals surface area (Å²) >= 11 is 5.97. The topological polar surface area (TPSA) is 67.2 Å². The first-order valence-corrected chi connectivity index (χ1v) is 11.2. The van der Waals surface area contributed by atoms with Crippen molar-refractivity contribution in [3.63, 3.8) is 0 Å². The second kappa shape index (κ2) is 9.67. The highest BCUT2D eigenvalue weighted by Gasteiger charge is 2.32. The summed E-state index contributed by atoms with van der Waals surface area (Å²) in [6, 6.07) is 2.72. The lowest BCUT2D eigenvalue weighted by Crippen LogP contribution is -2.39. The Morgan fingerprint density at radius 2 is 1.91 bits per heavy atom. The summed E-state index contributed by atoms with van der Waals surface area (Å²) in [5, 5.41) is 7.17. The Kier molecular flexibility index (Phi) is 6.90. The number of carbonyl (C=O) groups is 1. The highest BCUT2D eigenvalue weighted by molar-refractivity contribution is 6.33. The number of hydrogen-bond donors (Lipinski definition) is 2. The molecule has 0 unspecified atom stereocenters. The fourth-order valence-corrected chi connectivity index (χ4v) is 4.43. The molecule has 0 radical (unpaired) electrons. The normalized spacial score (nSPS) is 20.8. The van der Waals surface area contributed by atoms with Gasteiger partial charge in [-0.1, -0.05) is 17.7 Å². The number of fused-ring (bicyclic) bond motifs is 1. The van der Waals surface area contributed by atoms with E-state index in [2.05, 4.69) is 27.8 Å². The van der Waals surface area contributed by atoms with Gasteiger partial charge in [0.15, 0.2) is 5.42 Å². The molecule has 1 fully saturated rings. The second-order valence-electron chi connectivity index (χ2n) is 8.36. The van der Waals surface area contributed by atoms with Crippen LogP contribution >= 0.6 is 11.6 Å². The van der Waals surface area contributed by atoms with Crippen LogP contribution in [0.25, 0.3) is 12.2 Å². The molecule has 2 N–H and O–H groups in total.